The zero-order valence-electron chi connectivity index (χ0n) is 8.67. The molecule has 0 atom stereocenters. The van der Waals surface area contributed by atoms with Crippen molar-refractivity contribution in [3.8, 4) is 6.07 Å². The summed E-state index contributed by atoms with van der Waals surface area (Å²) in [6.45, 7) is 0.0797. The van der Waals surface area contributed by atoms with Gasteiger partial charge in [-0.3, -0.25) is 4.79 Å². The fourth-order valence-electron chi connectivity index (χ4n) is 1.30. The molecule has 0 bridgehead atoms. The zero-order chi connectivity index (χ0) is 12.3. The van der Waals surface area contributed by atoms with E-state index in [0.717, 1.165) is 4.47 Å². The van der Waals surface area contributed by atoms with Gasteiger partial charge in [0.25, 0.3) is 5.82 Å². The quantitative estimate of drug-likeness (QED) is 0.808. The average Bonchev–Trinajstić information content (AvgIpc) is 2.77. The number of ketones is 1. The predicted molar refractivity (Wildman–Crippen MR) is 63.2 cm³/mol. The number of nitrogens with zero attached hydrogens (tertiary/aromatic N) is 4. The Labute approximate surface area is 106 Å². The largest absolute Gasteiger partial charge is 0.292 e. The molecule has 1 heterocycles. The highest BCUT2D eigenvalue weighted by Gasteiger charge is 2.08. The van der Waals surface area contributed by atoms with E-state index in [4.69, 9.17) is 5.26 Å². The molecule has 0 spiro atoms. The molecule has 84 valence electrons. The maximum absolute atomic E-state index is 11.8. The second-order valence-corrected chi connectivity index (χ2v) is 4.22. The van der Waals surface area contributed by atoms with Gasteiger partial charge in [-0.15, -0.1) is 5.10 Å². The van der Waals surface area contributed by atoms with Crippen molar-refractivity contribution >= 4 is 21.7 Å². The van der Waals surface area contributed by atoms with Crippen molar-refractivity contribution in [1.82, 2.24) is 14.8 Å². The number of aromatic nitrogens is 3. The summed E-state index contributed by atoms with van der Waals surface area (Å²) in [7, 11) is 0. The van der Waals surface area contributed by atoms with Gasteiger partial charge in [0.05, 0.1) is 0 Å². The second kappa shape index (κ2) is 4.89. The molecular weight excluding hydrogens is 284 g/mol. The van der Waals surface area contributed by atoms with Crippen molar-refractivity contribution in [2.24, 2.45) is 0 Å². The summed E-state index contributed by atoms with van der Waals surface area (Å²) < 4.78 is 2.27. The Balaban J connectivity index is 2.11. The van der Waals surface area contributed by atoms with E-state index < -0.39 is 0 Å². The first-order chi connectivity index (χ1) is 8.19. The summed E-state index contributed by atoms with van der Waals surface area (Å²) in [5, 5.41) is 12.4. The molecule has 2 aromatic rings. The van der Waals surface area contributed by atoms with Crippen molar-refractivity contribution < 1.29 is 4.79 Å². The van der Waals surface area contributed by atoms with Crippen molar-refractivity contribution in [2.45, 2.75) is 6.54 Å². The number of Topliss-reactive ketones (excluding diaryl/α,β-unsaturated/α-hetero) is 1. The van der Waals surface area contributed by atoms with E-state index in [1.807, 2.05) is 6.07 Å². The standard InChI is InChI=1S/C11H7BrN4O/c12-9-3-1-8(2-4-9)10(17)6-16-7-14-11(5-13)15-16/h1-4,7H,6H2. The van der Waals surface area contributed by atoms with Gasteiger partial charge in [0.1, 0.15) is 18.9 Å². The Morgan fingerprint density at radius 1 is 1.41 bits per heavy atom. The van der Waals surface area contributed by atoms with Crippen LogP contribution in [0.1, 0.15) is 16.2 Å². The first kappa shape index (κ1) is 11.5. The molecule has 1 aromatic carbocycles. The highest BCUT2D eigenvalue weighted by atomic mass is 79.9. The van der Waals surface area contributed by atoms with Gasteiger partial charge in [-0.2, -0.15) is 5.26 Å². The molecular formula is C11H7BrN4O. The molecule has 0 aliphatic rings. The van der Waals surface area contributed by atoms with E-state index in [9.17, 15) is 4.79 Å². The lowest BCUT2D eigenvalue weighted by Crippen LogP contribution is -2.10. The number of nitriles is 1. The van der Waals surface area contributed by atoms with Crippen LogP contribution in [0.2, 0.25) is 0 Å². The summed E-state index contributed by atoms with van der Waals surface area (Å²) >= 11 is 3.30. The summed E-state index contributed by atoms with van der Waals surface area (Å²) in [6.07, 6.45) is 1.37. The highest BCUT2D eigenvalue weighted by molar-refractivity contribution is 9.10. The predicted octanol–water partition coefficient (Wildman–Crippen LogP) is 1.80. The van der Waals surface area contributed by atoms with Gasteiger partial charge in [0, 0.05) is 10.0 Å². The highest BCUT2D eigenvalue weighted by Crippen LogP contribution is 2.11. The Hall–Kier alpha value is -2.00. The van der Waals surface area contributed by atoms with Gasteiger partial charge in [-0.05, 0) is 12.1 Å². The van der Waals surface area contributed by atoms with Crippen LogP contribution in [0, 0.1) is 11.3 Å². The molecule has 0 saturated carbocycles. The second-order valence-electron chi connectivity index (χ2n) is 3.31. The topological polar surface area (TPSA) is 71.6 Å². The molecule has 2 rings (SSSR count). The molecule has 5 nitrogen and oxygen atoms in total. The maximum Gasteiger partial charge on any atom is 0.252 e. The van der Waals surface area contributed by atoms with Crippen LogP contribution < -0.4 is 0 Å². The van der Waals surface area contributed by atoms with Crippen LogP contribution in [0.4, 0.5) is 0 Å². The lowest BCUT2D eigenvalue weighted by molar-refractivity contribution is 0.0967. The molecule has 0 unspecified atom stereocenters. The number of halogens is 1. The van der Waals surface area contributed by atoms with Gasteiger partial charge in [-0.1, -0.05) is 28.1 Å². The minimum Gasteiger partial charge on any atom is -0.292 e. The van der Waals surface area contributed by atoms with E-state index in [0.29, 0.717) is 5.56 Å². The smallest absolute Gasteiger partial charge is 0.252 e. The van der Waals surface area contributed by atoms with Crippen molar-refractivity contribution in [2.75, 3.05) is 0 Å². The van der Waals surface area contributed by atoms with E-state index in [2.05, 4.69) is 26.0 Å². The molecule has 0 fully saturated rings. The van der Waals surface area contributed by atoms with Crippen LogP contribution in [0.25, 0.3) is 0 Å². The first-order valence-corrected chi connectivity index (χ1v) is 5.56. The Morgan fingerprint density at radius 3 is 2.71 bits per heavy atom. The third-order valence-electron chi connectivity index (χ3n) is 2.11. The Kier molecular flexibility index (Phi) is 3.30. The van der Waals surface area contributed by atoms with E-state index >= 15 is 0 Å². The molecule has 6 heteroatoms. The molecule has 0 aliphatic carbocycles. The fraction of sp³-hybridized carbons (Fsp3) is 0.0909. The molecule has 1 aromatic heterocycles. The van der Waals surface area contributed by atoms with Crippen molar-refractivity contribution in [3.05, 3.63) is 46.5 Å². The lowest BCUT2D eigenvalue weighted by Gasteiger charge is -2.00. The number of carbonyl (C=O) groups excluding carboxylic acids is 1. The molecule has 0 aliphatic heterocycles. The van der Waals surface area contributed by atoms with Gasteiger partial charge in [0.15, 0.2) is 5.78 Å². The van der Waals surface area contributed by atoms with Crippen molar-refractivity contribution in [3.63, 3.8) is 0 Å². The first-order valence-electron chi connectivity index (χ1n) is 4.77. The number of hydrogen-bond donors (Lipinski definition) is 0. The SMILES string of the molecule is N#Cc1ncn(CC(=O)c2ccc(Br)cc2)n1. The van der Waals surface area contributed by atoms with Crippen molar-refractivity contribution in [1.29, 1.82) is 5.26 Å². The number of benzene rings is 1. The van der Waals surface area contributed by atoms with Gasteiger partial charge < -0.3 is 0 Å². The monoisotopic (exact) mass is 290 g/mol. The summed E-state index contributed by atoms with van der Waals surface area (Å²) in [4.78, 5) is 15.6. The minimum atomic E-state index is -0.0770. The molecule has 17 heavy (non-hydrogen) atoms. The molecule has 0 amide bonds. The Morgan fingerprint density at radius 2 is 2.12 bits per heavy atom. The van der Waals surface area contributed by atoms with Gasteiger partial charge >= 0.3 is 0 Å². The van der Waals surface area contributed by atoms with E-state index in [1.54, 1.807) is 24.3 Å². The third kappa shape index (κ3) is 2.77. The molecule has 0 radical (unpaired) electrons. The maximum atomic E-state index is 11.8. The van der Waals surface area contributed by atoms with Crippen LogP contribution in [0.15, 0.2) is 35.1 Å². The van der Waals surface area contributed by atoms with Crippen LogP contribution >= 0.6 is 15.9 Å². The average molecular weight is 291 g/mol. The number of rotatable bonds is 3. The van der Waals surface area contributed by atoms with E-state index in [1.165, 1.54) is 11.0 Å². The summed E-state index contributed by atoms with van der Waals surface area (Å²) in [5.74, 6) is -0.0134. The van der Waals surface area contributed by atoms with E-state index in [-0.39, 0.29) is 18.2 Å². The van der Waals surface area contributed by atoms with Gasteiger partial charge in [-0.25, -0.2) is 9.67 Å². The number of carbonyl (C=O) groups is 1. The zero-order valence-corrected chi connectivity index (χ0v) is 10.3. The normalized spacial score (nSPS) is 9.88. The summed E-state index contributed by atoms with van der Waals surface area (Å²) in [5.41, 5.74) is 0.599. The van der Waals surface area contributed by atoms with Crippen LogP contribution in [0.5, 0.6) is 0 Å². The van der Waals surface area contributed by atoms with Crippen LogP contribution in [0.3, 0.4) is 0 Å². The summed E-state index contributed by atoms with van der Waals surface area (Å²) in [6, 6.07) is 8.87. The molecule has 0 N–H and O–H groups in total. The fourth-order valence-corrected chi connectivity index (χ4v) is 1.56. The van der Waals surface area contributed by atoms with Crippen LogP contribution in [-0.2, 0) is 6.54 Å². The van der Waals surface area contributed by atoms with Gasteiger partial charge in [0.2, 0.25) is 0 Å². The Bertz CT molecular complexity index is 582. The van der Waals surface area contributed by atoms with Crippen LogP contribution in [-0.4, -0.2) is 20.5 Å². The third-order valence-corrected chi connectivity index (χ3v) is 2.64. The number of hydrogen-bond acceptors (Lipinski definition) is 4. The lowest BCUT2D eigenvalue weighted by atomic mass is 10.1. The minimum absolute atomic E-state index is 0.0635. The molecule has 0 saturated heterocycles.